The van der Waals surface area contributed by atoms with E-state index in [1.807, 2.05) is 33.8 Å². The van der Waals surface area contributed by atoms with E-state index in [0.29, 0.717) is 111 Å². The number of anilines is 4. The molecule has 2 saturated heterocycles. The fraction of sp³-hybridized carbons (Fsp3) is 0.550. The molecule has 15 nitrogen and oxygen atoms in total. The molecule has 2 aromatic heterocycles. The number of nitrogen functional groups attached to an aromatic ring is 2. The van der Waals surface area contributed by atoms with Crippen molar-refractivity contribution < 1.29 is 24.5 Å². The molecule has 0 spiro atoms. The molecule has 15 heteroatoms. The first-order chi connectivity index (χ1) is 26.7. The van der Waals surface area contributed by atoms with E-state index in [9.17, 15) is 19.8 Å². The van der Waals surface area contributed by atoms with Gasteiger partial charge in [-0.3, -0.25) is 9.59 Å². The number of aliphatic hydroxyl groups is 2. The predicted octanol–water partition coefficient (Wildman–Crippen LogP) is 3.94. The number of unbranched alkanes of at least 4 members (excludes halogenated alkanes) is 7. The van der Waals surface area contributed by atoms with Gasteiger partial charge >= 0.3 is 0 Å². The van der Waals surface area contributed by atoms with E-state index in [1.165, 1.54) is 0 Å². The zero-order valence-corrected chi connectivity index (χ0v) is 32.3. The summed E-state index contributed by atoms with van der Waals surface area (Å²) in [6.07, 6.45) is 9.55. The Morgan fingerprint density at radius 1 is 0.618 bits per heavy atom. The molecule has 0 bridgehead atoms. The minimum Gasteiger partial charge on any atom is -0.496 e. The summed E-state index contributed by atoms with van der Waals surface area (Å²) in [4.78, 5) is 52.3. The van der Waals surface area contributed by atoms with Crippen molar-refractivity contribution in [3.05, 3.63) is 41.0 Å². The van der Waals surface area contributed by atoms with E-state index in [4.69, 9.17) is 21.2 Å². The Balaban J connectivity index is 0.807. The van der Waals surface area contributed by atoms with Crippen molar-refractivity contribution in [1.29, 1.82) is 0 Å². The SMILES string of the molecule is COc1cc2nc(N3CCN(C(=O)CCCCCCCCCCC(=O)N4CCN(c5nc(N)c6cc(CO)c(CO)cc6n5)CC4)CC3)nc(N)c2cc1C. The molecule has 55 heavy (non-hydrogen) atoms. The third-order valence-corrected chi connectivity index (χ3v) is 11.0. The van der Waals surface area contributed by atoms with Crippen LogP contribution in [0.4, 0.5) is 23.5 Å². The highest BCUT2D eigenvalue weighted by molar-refractivity contribution is 5.91. The Hall–Kier alpha value is -5.02. The second kappa shape index (κ2) is 18.5. The van der Waals surface area contributed by atoms with Crippen molar-refractivity contribution in [2.45, 2.75) is 84.3 Å². The maximum Gasteiger partial charge on any atom is 0.228 e. The predicted molar refractivity (Wildman–Crippen MR) is 215 cm³/mol. The number of hydrogen-bond acceptors (Lipinski definition) is 13. The molecule has 4 aromatic rings. The largest absolute Gasteiger partial charge is 0.496 e. The summed E-state index contributed by atoms with van der Waals surface area (Å²) < 4.78 is 5.46. The number of hydrogen-bond donors (Lipinski definition) is 4. The molecule has 6 rings (SSSR count). The number of nitrogens with two attached hydrogens (primary N) is 2. The first kappa shape index (κ1) is 39.7. The molecule has 2 aliphatic rings. The Bertz CT molecular complexity index is 1960. The third-order valence-electron chi connectivity index (χ3n) is 11.0. The molecule has 0 unspecified atom stereocenters. The molecule has 6 N–H and O–H groups in total. The quantitative estimate of drug-likeness (QED) is 0.120. The van der Waals surface area contributed by atoms with Crippen LogP contribution in [0.1, 0.15) is 80.9 Å². The second-order valence-corrected chi connectivity index (χ2v) is 14.7. The lowest BCUT2D eigenvalue weighted by atomic mass is 10.1. The van der Waals surface area contributed by atoms with Crippen LogP contribution < -0.4 is 26.0 Å². The number of aromatic nitrogens is 4. The molecule has 0 radical (unpaired) electrons. The average Bonchev–Trinajstić information content (AvgIpc) is 3.20. The highest BCUT2D eigenvalue weighted by Gasteiger charge is 2.25. The van der Waals surface area contributed by atoms with Crippen LogP contribution in [0.15, 0.2) is 24.3 Å². The number of fused-ring (bicyclic) bond motifs is 2. The van der Waals surface area contributed by atoms with E-state index in [-0.39, 0.29) is 25.0 Å². The van der Waals surface area contributed by atoms with Crippen LogP contribution in [0, 0.1) is 6.92 Å². The van der Waals surface area contributed by atoms with Crippen molar-refractivity contribution >= 4 is 57.2 Å². The van der Waals surface area contributed by atoms with Crippen molar-refractivity contribution in [1.82, 2.24) is 29.7 Å². The number of carbonyl (C=O) groups excluding carboxylic acids is 2. The van der Waals surface area contributed by atoms with Gasteiger partial charge in [0.1, 0.15) is 17.4 Å². The van der Waals surface area contributed by atoms with E-state index in [0.717, 1.165) is 73.6 Å². The molecule has 4 heterocycles. The molecule has 0 saturated carbocycles. The highest BCUT2D eigenvalue weighted by Crippen LogP contribution is 2.29. The van der Waals surface area contributed by atoms with E-state index in [2.05, 4.69) is 19.9 Å². The van der Waals surface area contributed by atoms with E-state index < -0.39 is 0 Å². The lowest BCUT2D eigenvalue weighted by molar-refractivity contribution is -0.132. The van der Waals surface area contributed by atoms with Gasteiger partial charge in [0, 0.05) is 82.0 Å². The fourth-order valence-corrected chi connectivity index (χ4v) is 7.59. The molecule has 2 aromatic carbocycles. The maximum atomic E-state index is 12.9. The van der Waals surface area contributed by atoms with Crippen LogP contribution in [0.25, 0.3) is 21.8 Å². The molecular formula is C40H56N10O5. The standard InChI is InChI=1S/C40H56N10O5/c1-27-21-30-33(24-34(27)55-2)44-40(45-37(30)41)50-19-15-48(16-20-50)36(54)12-10-8-6-4-3-5-7-9-11-35(53)47-13-17-49(18-14-47)39-43-32-23-29(26-52)28(25-51)22-31(32)38(42)46-39/h21-24,51-52H,3-20,25-26H2,1-2H3,(H2,41,44,45)(H2,42,43,46). The van der Waals surface area contributed by atoms with Crippen molar-refractivity contribution in [3.8, 4) is 5.75 Å². The van der Waals surface area contributed by atoms with Crippen LogP contribution in [0.2, 0.25) is 0 Å². The molecule has 0 atom stereocenters. The van der Waals surface area contributed by atoms with Crippen LogP contribution in [0.3, 0.4) is 0 Å². The summed E-state index contributed by atoms with van der Waals surface area (Å²) in [7, 11) is 1.64. The van der Waals surface area contributed by atoms with Crippen LogP contribution >= 0.6 is 0 Å². The van der Waals surface area contributed by atoms with Gasteiger partial charge in [0.05, 0.1) is 31.4 Å². The summed E-state index contributed by atoms with van der Waals surface area (Å²) in [5, 5.41) is 20.7. The molecule has 2 aliphatic heterocycles. The van der Waals surface area contributed by atoms with Crippen molar-refractivity contribution in [2.24, 2.45) is 0 Å². The lowest BCUT2D eigenvalue weighted by Gasteiger charge is -2.35. The van der Waals surface area contributed by atoms with Gasteiger partial charge in [-0.25, -0.2) is 9.97 Å². The Morgan fingerprint density at radius 3 is 1.49 bits per heavy atom. The minimum atomic E-state index is -0.200. The van der Waals surface area contributed by atoms with Crippen LogP contribution in [-0.4, -0.2) is 111 Å². The smallest absolute Gasteiger partial charge is 0.228 e. The molecule has 296 valence electrons. The summed E-state index contributed by atoms with van der Waals surface area (Å²) in [6.45, 7) is 6.65. The number of aryl methyl sites for hydroxylation is 1. The zero-order chi connectivity index (χ0) is 38.9. The number of amides is 2. The van der Waals surface area contributed by atoms with Crippen molar-refractivity contribution in [2.75, 3.05) is 80.7 Å². The Kier molecular flexibility index (Phi) is 13.4. The Morgan fingerprint density at radius 2 is 1.04 bits per heavy atom. The van der Waals surface area contributed by atoms with Gasteiger partial charge in [0.2, 0.25) is 23.7 Å². The zero-order valence-electron chi connectivity index (χ0n) is 32.3. The summed E-state index contributed by atoms with van der Waals surface area (Å²) in [5.74, 6) is 3.04. The molecule has 2 amide bonds. The van der Waals surface area contributed by atoms with Gasteiger partial charge in [0.25, 0.3) is 0 Å². The third kappa shape index (κ3) is 9.62. The number of aliphatic hydroxyl groups excluding tert-OH is 2. The molecular weight excluding hydrogens is 701 g/mol. The number of rotatable bonds is 16. The number of carbonyl (C=O) groups is 2. The van der Waals surface area contributed by atoms with E-state index in [1.54, 1.807) is 19.2 Å². The van der Waals surface area contributed by atoms with Gasteiger partial charge in [0.15, 0.2) is 0 Å². The van der Waals surface area contributed by atoms with Crippen LogP contribution in [-0.2, 0) is 22.8 Å². The molecule has 2 fully saturated rings. The maximum absolute atomic E-state index is 12.9. The summed E-state index contributed by atoms with van der Waals surface area (Å²) >= 11 is 0. The second-order valence-electron chi connectivity index (χ2n) is 14.7. The monoisotopic (exact) mass is 756 g/mol. The number of methoxy groups -OCH3 is 1. The van der Waals surface area contributed by atoms with Crippen molar-refractivity contribution in [3.63, 3.8) is 0 Å². The number of benzene rings is 2. The Labute approximate surface area is 322 Å². The lowest BCUT2D eigenvalue weighted by Crippen LogP contribution is -2.49. The fourth-order valence-electron chi connectivity index (χ4n) is 7.59. The van der Waals surface area contributed by atoms with Gasteiger partial charge in [-0.1, -0.05) is 38.5 Å². The minimum absolute atomic E-state index is 0.191. The topological polar surface area (TPSA) is 200 Å². The first-order valence-corrected chi connectivity index (χ1v) is 19.7. The number of ether oxygens (including phenoxy) is 1. The van der Waals surface area contributed by atoms with Crippen LogP contribution in [0.5, 0.6) is 5.75 Å². The van der Waals surface area contributed by atoms with E-state index >= 15 is 0 Å². The highest BCUT2D eigenvalue weighted by atomic mass is 16.5. The number of piperazine rings is 2. The van der Waals surface area contributed by atoms with Gasteiger partial charge < -0.3 is 46.0 Å². The molecule has 0 aliphatic carbocycles. The first-order valence-electron chi connectivity index (χ1n) is 19.7. The average molecular weight is 757 g/mol. The van der Waals surface area contributed by atoms with Gasteiger partial charge in [-0.2, -0.15) is 9.97 Å². The number of nitrogens with zero attached hydrogens (tertiary/aromatic N) is 8. The van der Waals surface area contributed by atoms with Gasteiger partial charge in [-0.15, -0.1) is 0 Å². The summed E-state index contributed by atoms with van der Waals surface area (Å²) in [6, 6.07) is 7.33. The summed E-state index contributed by atoms with van der Waals surface area (Å²) in [5.41, 5.74) is 16.1. The van der Waals surface area contributed by atoms with Gasteiger partial charge in [-0.05, 0) is 54.7 Å². The normalized spacial score (nSPS) is 15.0.